The molecule has 8 nitrogen and oxygen atoms in total. The number of amides is 1. The second kappa shape index (κ2) is 9.21. The van der Waals surface area contributed by atoms with E-state index in [4.69, 9.17) is 0 Å². The van der Waals surface area contributed by atoms with E-state index in [-0.39, 0.29) is 11.9 Å². The summed E-state index contributed by atoms with van der Waals surface area (Å²) in [6.45, 7) is 3.97. The Labute approximate surface area is 214 Å². The highest BCUT2D eigenvalue weighted by molar-refractivity contribution is 6.07. The topological polar surface area (TPSA) is 90.9 Å². The molecule has 0 spiro atoms. The van der Waals surface area contributed by atoms with Gasteiger partial charge in [-0.1, -0.05) is 48.2 Å². The van der Waals surface area contributed by atoms with Gasteiger partial charge >= 0.3 is 0 Å². The number of carbonyl (C=O) groups is 1. The summed E-state index contributed by atoms with van der Waals surface area (Å²) in [4.78, 5) is 27.6. The Morgan fingerprint density at radius 1 is 1.00 bits per heavy atom. The third-order valence-electron chi connectivity index (χ3n) is 6.52. The zero-order valence-corrected chi connectivity index (χ0v) is 20.4. The predicted octanol–water partition coefficient (Wildman–Crippen LogP) is 4.50. The molecule has 1 aliphatic rings. The Balaban J connectivity index is 1.37. The van der Waals surface area contributed by atoms with Crippen molar-refractivity contribution in [2.75, 3.05) is 15.6 Å². The van der Waals surface area contributed by atoms with E-state index >= 15 is 0 Å². The molecule has 0 saturated heterocycles. The molecule has 1 aliphatic heterocycles. The van der Waals surface area contributed by atoms with Crippen LogP contribution in [0.25, 0.3) is 11.0 Å². The monoisotopic (exact) mass is 487 g/mol. The molecule has 0 bridgehead atoms. The van der Waals surface area contributed by atoms with E-state index < -0.39 is 6.17 Å². The molecule has 6 rings (SSSR count). The molecular formula is C29H25N7O. The van der Waals surface area contributed by atoms with Gasteiger partial charge in [0.1, 0.15) is 29.7 Å². The van der Waals surface area contributed by atoms with Crippen LogP contribution >= 0.6 is 0 Å². The second-order valence-electron chi connectivity index (χ2n) is 9.00. The summed E-state index contributed by atoms with van der Waals surface area (Å²) < 4.78 is 1.81. The number of nitrogens with zero attached hydrogens (tertiary/aromatic N) is 4. The van der Waals surface area contributed by atoms with Crippen molar-refractivity contribution in [1.82, 2.24) is 19.6 Å². The molecule has 0 aliphatic carbocycles. The molecule has 0 saturated carbocycles. The van der Waals surface area contributed by atoms with Gasteiger partial charge in [-0.2, -0.15) is 0 Å². The van der Waals surface area contributed by atoms with E-state index in [1.807, 2.05) is 97.6 Å². The lowest BCUT2D eigenvalue weighted by Gasteiger charge is -2.41. The first-order chi connectivity index (χ1) is 18.1. The first kappa shape index (κ1) is 22.4. The maximum atomic E-state index is 13.7. The van der Waals surface area contributed by atoms with Crippen LogP contribution in [0.15, 0.2) is 85.5 Å². The average molecular weight is 488 g/mol. The molecular weight excluding hydrogens is 462 g/mol. The van der Waals surface area contributed by atoms with Gasteiger partial charge < -0.3 is 15.7 Å². The van der Waals surface area contributed by atoms with Crippen LogP contribution in [0.2, 0.25) is 0 Å². The number of benzene rings is 2. The number of fused-ring (bicyclic) bond motifs is 2. The van der Waals surface area contributed by atoms with Crippen LogP contribution in [0.4, 0.5) is 11.5 Å². The van der Waals surface area contributed by atoms with Gasteiger partial charge in [0.05, 0.1) is 17.0 Å². The van der Waals surface area contributed by atoms with E-state index in [0.29, 0.717) is 17.2 Å². The zero-order valence-electron chi connectivity index (χ0n) is 20.4. The largest absolute Gasteiger partial charge is 0.363 e. The zero-order chi connectivity index (χ0) is 25.4. The van der Waals surface area contributed by atoms with Crippen LogP contribution in [-0.2, 0) is 0 Å². The molecule has 3 N–H and O–H groups in total. The molecule has 1 amide bonds. The van der Waals surface area contributed by atoms with Gasteiger partial charge in [-0.25, -0.2) is 9.97 Å². The van der Waals surface area contributed by atoms with Crippen LogP contribution < -0.4 is 15.6 Å². The van der Waals surface area contributed by atoms with Crippen molar-refractivity contribution in [3.8, 4) is 11.8 Å². The number of aromatic nitrogens is 4. The minimum absolute atomic E-state index is 0.0602. The van der Waals surface area contributed by atoms with Crippen molar-refractivity contribution in [3.63, 3.8) is 0 Å². The van der Waals surface area contributed by atoms with Crippen molar-refractivity contribution in [1.29, 1.82) is 0 Å². The number of aryl methyl sites for hydroxylation is 1. The number of para-hydroxylation sites is 1. The number of hydrogen-bond acceptors (Lipinski definition) is 5. The van der Waals surface area contributed by atoms with Crippen molar-refractivity contribution in [2.24, 2.45) is 0 Å². The minimum atomic E-state index is -0.392. The fourth-order valence-electron chi connectivity index (χ4n) is 4.68. The second-order valence-corrected chi connectivity index (χ2v) is 9.00. The molecule has 3 aromatic heterocycles. The SMILES string of the molecule is Cc1ccn2c1C(=O)N(c1ccccc1)C([C@H](C)Nc1ncnc3[nH]cc(C#Cc4ccccc4)c13)N2. The van der Waals surface area contributed by atoms with Gasteiger partial charge in [-0.05, 0) is 49.7 Å². The van der Waals surface area contributed by atoms with Gasteiger partial charge in [0.25, 0.3) is 5.91 Å². The quantitative estimate of drug-likeness (QED) is 0.325. The summed E-state index contributed by atoms with van der Waals surface area (Å²) in [5.74, 6) is 7.04. The summed E-state index contributed by atoms with van der Waals surface area (Å²) in [5, 5.41) is 4.34. The van der Waals surface area contributed by atoms with Crippen molar-refractivity contribution in [2.45, 2.75) is 26.1 Å². The van der Waals surface area contributed by atoms with E-state index in [9.17, 15) is 4.79 Å². The first-order valence-electron chi connectivity index (χ1n) is 12.1. The van der Waals surface area contributed by atoms with Crippen LogP contribution in [0.5, 0.6) is 0 Å². The Hall–Kier alpha value is -5.03. The Morgan fingerprint density at radius 2 is 1.76 bits per heavy atom. The molecule has 37 heavy (non-hydrogen) atoms. The van der Waals surface area contributed by atoms with E-state index in [2.05, 4.69) is 37.5 Å². The Bertz CT molecular complexity index is 1640. The number of anilines is 2. The average Bonchev–Trinajstić information content (AvgIpc) is 3.52. The van der Waals surface area contributed by atoms with Crippen LogP contribution in [-0.4, -0.2) is 37.7 Å². The van der Waals surface area contributed by atoms with E-state index in [1.54, 1.807) is 4.90 Å². The predicted molar refractivity (Wildman–Crippen MR) is 145 cm³/mol. The number of H-pyrrole nitrogens is 1. The van der Waals surface area contributed by atoms with Crippen molar-refractivity contribution in [3.05, 3.63) is 108 Å². The lowest BCUT2D eigenvalue weighted by molar-refractivity contribution is 0.0954. The molecule has 1 unspecified atom stereocenters. The molecule has 182 valence electrons. The highest BCUT2D eigenvalue weighted by Gasteiger charge is 2.37. The molecule has 0 radical (unpaired) electrons. The third-order valence-corrected chi connectivity index (χ3v) is 6.52. The number of hydrogen-bond donors (Lipinski definition) is 3. The van der Waals surface area contributed by atoms with Crippen LogP contribution in [0.3, 0.4) is 0 Å². The molecule has 2 aromatic carbocycles. The Morgan fingerprint density at radius 3 is 2.54 bits per heavy atom. The summed E-state index contributed by atoms with van der Waals surface area (Å²) in [6, 6.07) is 21.2. The van der Waals surface area contributed by atoms with Gasteiger partial charge in [0, 0.05) is 23.6 Å². The lowest BCUT2D eigenvalue weighted by atomic mass is 10.1. The minimum Gasteiger partial charge on any atom is -0.363 e. The Kier molecular flexibility index (Phi) is 5.58. The van der Waals surface area contributed by atoms with Crippen LogP contribution in [0, 0.1) is 18.8 Å². The molecule has 2 atom stereocenters. The number of nitrogens with one attached hydrogen (secondary N) is 3. The number of aromatic amines is 1. The fourth-order valence-corrected chi connectivity index (χ4v) is 4.68. The number of carbonyl (C=O) groups excluding carboxylic acids is 1. The third kappa shape index (κ3) is 4.06. The van der Waals surface area contributed by atoms with E-state index in [0.717, 1.165) is 27.8 Å². The standard InChI is InChI=1S/C29H25N7O/c1-19-15-16-35-25(19)29(37)36(23-11-7-4-8-12-23)28(34-35)20(2)33-27-24-22(17-30-26(24)31-18-32-27)14-13-21-9-5-3-6-10-21/h3-12,15-18,20,28,34H,1-2H3,(H2,30,31,32,33)/t20-,28?/m0/s1. The number of rotatable bonds is 4. The molecule has 5 aromatic rings. The van der Waals surface area contributed by atoms with Crippen LogP contribution in [0.1, 0.15) is 34.1 Å². The van der Waals surface area contributed by atoms with Gasteiger partial charge in [0.2, 0.25) is 0 Å². The van der Waals surface area contributed by atoms with Crippen molar-refractivity contribution < 1.29 is 4.79 Å². The van der Waals surface area contributed by atoms with Gasteiger partial charge in [-0.15, -0.1) is 0 Å². The molecule has 4 heterocycles. The first-order valence-corrected chi connectivity index (χ1v) is 12.1. The highest BCUT2D eigenvalue weighted by Crippen LogP contribution is 2.29. The summed E-state index contributed by atoms with van der Waals surface area (Å²) >= 11 is 0. The molecule has 8 heteroatoms. The maximum Gasteiger partial charge on any atom is 0.278 e. The fraction of sp³-hybridized carbons (Fsp3) is 0.138. The summed E-state index contributed by atoms with van der Waals surface area (Å²) in [5.41, 5.74) is 8.28. The van der Waals surface area contributed by atoms with E-state index in [1.165, 1.54) is 6.33 Å². The summed E-state index contributed by atoms with van der Waals surface area (Å²) in [7, 11) is 0. The van der Waals surface area contributed by atoms with Gasteiger partial charge in [0.15, 0.2) is 0 Å². The highest BCUT2D eigenvalue weighted by atomic mass is 16.2. The van der Waals surface area contributed by atoms with Crippen molar-refractivity contribution >= 4 is 28.4 Å². The molecule has 0 fully saturated rings. The van der Waals surface area contributed by atoms with Gasteiger partial charge in [-0.3, -0.25) is 14.4 Å². The summed E-state index contributed by atoms with van der Waals surface area (Å²) in [6.07, 6.45) is 4.86. The normalized spacial score (nSPS) is 15.5. The smallest absolute Gasteiger partial charge is 0.278 e. The maximum absolute atomic E-state index is 13.7. The lowest BCUT2D eigenvalue weighted by Crippen LogP contribution is -2.59.